The van der Waals surface area contributed by atoms with Gasteiger partial charge in [0.05, 0.1) is 18.3 Å². The fourth-order valence-electron chi connectivity index (χ4n) is 6.45. The summed E-state index contributed by atoms with van der Waals surface area (Å²) in [6.07, 6.45) is 28.3. The van der Waals surface area contributed by atoms with Crippen LogP contribution in [0.25, 0.3) is 11.1 Å². The number of rotatable bonds is 29. The first-order valence-corrected chi connectivity index (χ1v) is 20.4. The topological polar surface area (TPSA) is 44.8 Å². The SMILES string of the molecule is CCCCCCCCCCCCCCCCCCCCOC(C)c1ccc(-c2ccc(C(=O)Oc3ccccc3OCCCCC)cc2)cc1. The van der Waals surface area contributed by atoms with Gasteiger partial charge in [0.2, 0.25) is 0 Å². The lowest BCUT2D eigenvalue weighted by molar-refractivity contribution is 0.0627. The standard InChI is InChI=1S/C46H68O4/c1-4-6-8-9-10-11-12-13-14-15-16-17-18-19-20-21-22-26-37-48-39(3)40-29-31-41(32-30-40)42-33-35-43(36-34-42)46(47)50-45-28-24-23-27-44(45)49-38-25-7-5-2/h23-24,27-36,39H,4-22,25-26,37-38H2,1-3H3. The maximum absolute atomic E-state index is 12.9. The molecule has 0 fully saturated rings. The molecule has 0 saturated carbocycles. The quantitative estimate of drug-likeness (QED) is 0.0415. The normalized spacial score (nSPS) is 11.8. The third-order valence-electron chi connectivity index (χ3n) is 9.76. The van der Waals surface area contributed by atoms with Gasteiger partial charge in [-0.3, -0.25) is 0 Å². The number of carbonyl (C=O) groups excluding carboxylic acids is 1. The summed E-state index contributed by atoms with van der Waals surface area (Å²) in [4.78, 5) is 12.9. The third kappa shape index (κ3) is 17.2. The lowest BCUT2D eigenvalue weighted by atomic mass is 10.0. The highest BCUT2D eigenvalue weighted by Crippen LogP contribution is 2.29. The van der Waals surface area contributed by atoms with Crippen molar-refractivity contribution < 1.29 is 19.0 Å². The fourth-order valence-corrected chi connectivity index (χ4v) is 6.45. The van der Waals surface area contributed by atoms with E-state index in [9.17, 15) is 4.79 Å². The molecule has 0 amide bonds. The zero-order valence-electron chi connectivity index (χ0n) is 31.9. The maximum Gasteiger partial charge on any atom is 0.343 e. The Balaban J connectivity index is 1.24. The average molecular weight is 685 g/mol. The number of esters is 1. The Hall–Kier alpha value is -3.11. The van der Waals surface area contributed by atoms with Crippen LogP contribution in [-0.2, 0) is 4.74 Å². The highest BCUT2D eigenvalue weighted by Gasteiger charge is 2.13. The van der Waals surface area contributed by atoms with E-state index in [1.54, 1.807) is 6.07 Å². The first-order valence-electron chi connectivity index (χ1n) is 20.4. The first kappa shape index (κ1) is 41.3. The molecule has 50 heavy (non-hydrogen) atoms. The number of para-hydroxylation sites is 2. The zero-order valence-corrected chi connectivity index (χ0v) is 31.9. The Kier molecular flexibility index (Phi) is 22.0. The summed E-state index contributed by atoms with van der Waals surface area (Å²) < 4.78 is 17.7. The molecule has 0 N–H and O–H groups in total. The second kappa shape index (κ2) is 26.7. The van der Waals surface area contributed by atoms with E-state index < -0.39 is 5.97 Å². The Morgan fingerprint density at radius 3 is 1.44 bits per heavy atom. The van der Waals surface area contributed by atoms with Crippen molar-refractivity contribution in [3.63, 3.8) is 0 Å². The number of unbranched alkanes of at least 4 members (excludes halogenated alkanes) is 19. The fraction of sp³-hybridized carbons (Fsp3) is 0.587. The van der Waals surface area contributed by atoms with Gasteiger partial charge in [0.25, 0.3) is 0 Å². The minimum absolute atomic E-state index is 0.0745. The summed E-state index contributed by atoms with van der Waals surface area (Å²) in [5.41, 5.74) is 3.86. The largest absolute Gasteiger partial charge is 0.490 e. The van der Waals surface area contributed by atoms with Crippen LogP contribution >= 0.6 is 0 Å². The summed E-state index contributed by atoms with van der Waals surface area (Å²) in [6, 6.07) is 23.5. The van der Waals surface area contributed by atoms with Crippen molar-refractivity contribution in [1.82, 2.24) is 0 Å². The molecule has 0 spiro atoms. The van der Waals surface area contributed by atoms with Crippen LogP contribution in [0, 0.1) is 0 Å². The van der Waals surface area contributed by atoms with Gasteiger partial charge in [-0.05, 0) is 60.7 Å². The van der Waals surface area contributed by atoms with Crippen molar-refractivity contribution in [3.8, 4) is 22.6 Å². The van der Waals surface area contributed by atoms with Gasteiger partial charge in [-0.1, -0.05) is 184 Å². The highest BCUT2D eigenvalue weighted by atomic mass is 16.6. The molecule has 3 aromatic carbocycles. The number of carbonyl (C=O) groups is 1. The Labute approximate surface area is 305 Å². The van der Waals surface area contributed by atoms with Crippen LogP contribution in [-0.4, -0.2) is 19.2 Å². The second-order valence-corrected chi connectivity index (χ2v) is 14.1. The summed E-state index contributed by atoms with van der Waals surface area (Å²) in [5, 5.41) is 0. The minimum Gasteiger partial charge on any atom is -0.490 e. The Morgan fingerprint density at radius 2 is 0.920 bits per heavy atom. The van der Waals surface area contributed by atoms with Gasteiger partial charge in [0, 0.05) is 6.61 Å². The van der Waals surface area contributed by atoms with Gasteiger partial charge in [0.1, 0.15) is 0 Å². The molecule has 4 heteroatoms. The van der Waals surface area contributed by atoms with Gasteiger partial charge in [-0.25, -0.2) is 4.79 Å². The van der Waals surface area contributed by atoms with Crippen molar-refractivity contribution >= 4 is 5.97 Å². The molecule has 0 saturated heterocycles. The highest BCUT2D eigenvalue weighted by molar-refractivity contribution is 5.92. The van der Waals surface area contributed by atoms with E-state index in [2.05, 4.69) is 45.0 Å². The monoisotopic (exact) mass is 685 g/mol. The van der Waals surface area contributed by atoms with Crippen LogP contribution in [0.2, 0.25) is 0 Å². The van der Waals surface area contributed by atoms with E-state index in [1.807, 2.05) is 42.5 Å². The van der Waals surface area contributed by atoms with Gasteiger partial charge < -0.3 is 14.2 Å². The number of ether oxygens (including phenoxy) is 3. The molecular formula is C46H68O4. The maximum atomic E-state index is 12.9. The lowest BCUT2D eigenvalue weighted by Gasteiger charge is -2.14. The van der Waals surface area contributed by atoms with Crippen molar-refractivity contribution in [1.29, 1.82) is 0 Å². The molecule has 0 radical (unpaired) electrons. The predicted molar refractivity (Wildman–Crippen MR) is 211 cm³/mol. The molecule has 3 rings (SSSR count). The minimum atomic E-state index is -0.391. The average Bonchev–Trinajstić information content (AvgIpc) is 3.15. The molecule has 4 nitrogen and oxygen atoms in total. The Morgan fingerprint density at radius 1 is 0.500 bits per heavy atom. The van der Waals surface area contributed by atoms with Crippen molar-refractivity contribution in [2.45, 2.75) is 162 Å². The second-order valence-electron chi connectivity index (χ2n) is 14.1. The van der Waals surface area contributed by atoms with Crippen LogP contribution in [0.4, 0.5) is 0 Å². The van der Waals surface area contributed by atoms with E-state index in [0.29, 0.717) is 23.7 Å². The molecule has 276 valence electrons. The molecule has 1 atom stereocenters. The summed E-state index contributed by atoms with van der Waals surface area (Å²) >= 11 is 0. The van der Waals surface area contributed by atoms with Crippen molar-refractivity contribution in [2.75, 3.05) is 13.2 Å². The van der Waals surface area contributed by atoms with Crippen molar-refractivity contribution in [2.24, 2.45) is 0 Å². The van der Waals surface area contributed by atoms with Gasteiger partial charge in [0.15, 0.2) is 11.5 Å². The lowest BCUT2D eigenvalue weighted by Crippen LogP contribution is -2.09. The molecule has 0 aromatic heterocycles. The Bertz CT molecular complexity index is 1270. The van der Waals surface area contributed by atoms with E-state index in [0.717, 1.165) is 43.4 Å². The third-order valence-corrected chi connectivity index (χ3v) is 9.76. The number of hydrogen-bond donors (Lipinski definition) is 0. The molecule has 3 aromatic rings. The molecule has 0 bridgehead atoms. The summed E-state index contributed by atoms with van der Waals surface area (Å²) in [5.74, 6) is 0.657. The molecule has 0 aliphatic carbocycles. The van der Waals surface area contributed by atoms with Gasteiger partial charge in [-0.2, -0.15) is 0 Å². The summed E-state index contributed by atoms with van der Waals surface area (Å²) in [6.45, 7) is 8.02. The summed E-state index contributed by atoms with van der Waals surface area (Å²) in [7, 11) is 0. The first-order chi connectivity index (χ1) is 24.6. The van der Waals surface area contributed by atoms with Gasteiger partial charge in [-0.15, -0.1) is 0 Å². The van der Waals surface area contributed by atoms with E-state index in [-0.39, 0.29) is 6.10 Å². The van der Waals surface area contributed by atoms with Crippen LogP contribution in [0.1, 0.15) is 178 Å². The zero-order chi connectivity index (χ0) is 35.5. The van der Waals surface area contributed by atoms with E-state index in [4.69, 9.17) is 14.2 Å². The number of hydrogen-bond acceptors (Lipinski definition) is 4. The van der Waals surface area contributed by atoms with E-state index >= 15 is 0 Å². The van der Waals surface area contributed by atoms with E-state index in [1.165, 1.54) is 115 Å². The van der Waals surface area contributed by atoms with Crippen LogP contribution < -0.4 is 9.47 Å². The molecule has 0 aliphatic rings. The van der Waals surface area contributed by atoms with Crippen LogP contribution in [0.5, 0.6) is 11.5 Å². The van der Waals surface area contributed by atoms with Crippen molar-refractivity contribution in [3.05, 3.63) is 83.9 Å². The smallest absolute Gasteiger partial charge is 0.343 e. The number of benzene rings is 3. The van der Waals surface area contributed by atoms with Crippen LogP contribution in [0.15, 0.2) is 72.8 Å². The van der Waals surface area contributed by atoms with Crippen LogP contribution in [0.3, 0.4) is 0 Å². The molecule has 0 heterocycles. The predicted octanol–water partition coefficient (Wildman–Crippen LogP) is 14.3. The molecule has 1 unspecified atom stereocenters. The molecular weight excluding hydrogens is 617 g/mol. The molecule has 0 aliphatic heterocycles. The van der Waals surface area contributed by atoms with Gasteiger partial charge >= 0.3 is 5.97 Å².